The van der Waals surface area contributed by atoms with Gasteiger partial charge in [0.2, 0.25) is 15.9 Å². The van der Waals surface area contributed by atoms with E-state index in [1.165, 1.54) is 23.5 Å². The van der Waals surface area contributed by atoms with Crippen molar-refractivity contribution in [1.29, 1.82) is 0 Å². The van der Waals surface area contributed by atoms with Gasteiger partial charge in [0.25, 0.3) is 0 Å². The van der Waals surface area contributed by atoms with Crippen LogP contribution >= 0.6 is 0 Å². The molecule has 1 N–H and O–H groups in total. The smallest absolute Gasteiger partial charge is 0.337 e. The molecular formula is C16H22N2O5S. The molecule has 24 heavy (non-hydrogen) atoms. The van der Waals surface area contributed by atoms with Crippen molar-refractivity contribution in [2.45, 2.75) is 31.7 Å². The Hall–Kier alpha value is -1.93. The molecule has 1 aromatic carbocycles. The molecular weight excluding hydrogens is 332 g/mol. The first-order chi connectivity index (χ1) is 11.3. The van der Waals surface area contributed by atoms with E-state index in [9.17, 15) is 18.0 Å². The highest BCUT2D eigenvalue weighted by Crippen LogP contribution is 2.25. The zero-order chi connectivity index (χ0) is 17.7. The summed E-state index contributed by atoms with van der Waals surface area (Å²) in [5.74, 6) is -0.865. The van der Waals surface area contributed by atoms with Crippen LogP contribution in [0, 0.1) is 0 Å². The van der Waals surface area contributed by atoms with Gasteiger partial charge in [0.15, 0.2) is 0 Å². The number of nitrogens with one attached hydrogen (secondary N) is 1. The van der Waals surface area contributed by atoms with Crippen LogP contribution in [0.1, 0.15) is 36.0 Å². The monoisotopic (exact) mass is 354 g/mol. The van der Waals surface area contributed by atoms with Crippen molar-refractivity contribution in [2.75, 3.05) is 25.2 Å². The van der Waals surface area contributed by atoms with Gasteiger partial charge in [-0.15, -0.1) is 0 Å². The predicted octanol–water partition coefficient (Wildman–Crippen LogP) is 1.62. The minimum Gasteiger partial charge on any atom is -0.465 e. The predicted molar refractivity (Wildman–Crippen MR) is 90.2 cm³/mol. The normalized spacial score (nSPS) is 15.5. The number of sulfonamides is 1. The molecule has 0 heterocycles. The van der Waals surface area contributed by atoms with Gasteiger partial charge in [-0.1, -0.05) is 12.8 Å². The standard InChI is InChI=1S/C16H22N2O5S/c1-23-16(20)12-7-9-13(10-8-12)17-15(19)11-18(24(2,21)22)14-5-3-4-6-14/h7-10,14H,3-6,11H2,1-2H3,(H,17,19). The van der Waals surface area contributed by atoms with E-state index in [2.05, 4.69) is 10.1 Å². The molecule has 1 saturated carbocycles. The summed E-state index contributed by atoms with van der Waals surface area (Å²) in [6, 6.07) is 6.11. The maximum absolute atomic E-state index is 12.2. The number of rotatable bonds is 6. The summed E-state index contributed by atoms with van der Waals surface area (Å²) in [4.78, 5) is 23.6. The first-order valence-electron chi connectivity index (χ1n) is 7.76. The van der Waals surface area contributed by atoms with Crippen molar-refractivity contribution in [3.8, 4) is 0 Å². The molecule has 1 aromatic rings. The molecule has 0 bridgehead atoms. The van der Waals surface area contributed by atoms with Crippen LogP contribution in [0.2, 0.25) is 0 Å². The molecule has 0 atom stereocenters. The summed E-state index contributed by atoms with van der Waals surface area (Å²) in [6.45, 7) is -0.206. The Balaban J connectivity index is 2.01. The van der Waals surface area contributed by atoms with Crippen LogP contribution < -0.4 is 5.32 Å². The molecule has 0 aromatic heterocycles. The lowest BCUT2D eigenvalue weighted by Gasteiger charge is -2.25. The van der Waals surface area contributed by atoms with Gasteiger partial charge in [0, 0.05) is 11.7 Å². The summed E-state index contributed by atoms with van der Waals surface area (Å²) >= 11 is 0. The summed E-state index contributed by atoms with van der Waals surface area (Å²) in [5, 5.41) is 2.65. The van der Waals surface area contributed by atoms with E-state index >= 15 is 0 Å². The van der Waals surface area contributed by atoms with Crippen LogP contribution in [0.5, 0.6) is 0 Å². The summed E-state index contributed by atoms with van der Waals surface area (Å²) in [7, 11) is -2.15. The minimum atomic E-state index is -3.45. The molecule has 0 spiro atoms. The number of anilines is 1. The number of carbonyl (C=O) groups is 2. The molecule has 7 nitrogen and oxygen atoms in total. The summed E-state index contributed by atoms with van der Waals surface area (Å²) < 4.78 is 29.8. The second kappa shape index (κ2) is 7.76. The molecule has 1 fully saturated rings. The van der Waals surface area contributed by atoms with Crippen LogP contribution in [-0.2, 0) is 19.6 Å². The van der Waals surface area contributed by atoms with E-state index < -0.39 is 21.9 Å². The third-order valence-electron chi connectivity index (χ3n) is 4.05. The van der Waals surface area contributed by atoms with Crippen molar-refractivity contribution in [3.63, 3.8) is 0 Å². The van der Waals surface area contributed by atoms with Gasteiger partial charge < -0.3 is 10.1 Å². The van der Waals surface area contributed by atoms with E-state index in [1.807, 2.05) is 0 Å². The summed E-state index contributed by atoms with van der Waals surface area (Å²) in [6.07, 6.45) is 4.66. The van der Waals surface area contributed by atoms with Crippen LogP contribution in [-0.4, -0.2) is 50.6 Å². The Bertz CT molecular complexity index is 694. The quantitative estimate of drug-likeness (QED) is 0.784. The first kappa shape index (κ1) is 18.4. The maximum atomic E-state index is 12.2. The first-order valence-corrected chi connectivity index (χ1v) is 9.61. The van der Waals surface area contributed by atoms with Gasteiger partial charge in [-0.05, 0) is 37.1 Å². The van der Waals surface area contributed by atoms with Crippen molar-refractivity contribution in [1.82, 2.24) is 4.31 Å². The van der Waals surface area contributed by atoms with E-state index in [1.54, 1.807) is 12.1 Å². The van der Waals surface area contributed by atoms with Crippen LogP contribution in [0.15, 0.2) is 24.3 Å². The number of ether oxygens (including phenoxy) is 1. The second-order valence-electron chi connectivity index (χ2n) is 5.86. The molecule has 0 saturated heterocycles. The molecule has 132 valence electrons. The van der Waals surface area contributed by atoms with Gasteiger partial charge in [0.05, 0.1) is 25.5 Å². The Morgan fingerprint density at radius 2 is 1.79 bits per heavy atom. The number of hydrogen-bond donors (Lipinski definition) is 1. The molecule has 1 aliphatic carbocycles. The maximum Gasteiger partial charge on any atom is 0.337 e. The van der Waals surface area contributed by atoms with Crippen molar-refractivity contribution < 1.29 is 22.7 Å². The van der Waals surface area contributed by atoms with Crippen LogP contribution in [0.25, 0.3) is 0 Å². The lowest BCUT2D eigenvalue weighted by molar-refractivity contribution is -0.116. The molecule has 1 amide bonds. The highest BCUT2D eigenvalue weighted by Gasteiger charge is 2.30. The number of nitrogens with zero attached hydrogens (tertiary/aromatic N) is 1. The zero-order valence-electron chi connectivity index (χ0n) is 13.8. The lowest BCUT2D eigenvalue weighted by Crippen LogP contribution is -2.43. The molecule has 0 radical (unpaired) electrons. The van der Waals surface area contributed by atoms with Crippen molar-refractivity contribution in [3.05, 3.63) is 29.8 Å². The average Bonchev–Trinajstić information content (AvgIpc) is 3.05. The van der Waals surface area contributed by atoms with Gasteiger partial charge in [-0.3, -0.25) is 4.79 Å². The number of esters is 1. The second-order valence-corrected chi connectivity index (χ2v) is 7.80. The topological polar surface area (TPSA) is 92.8 Å². The minimum absolute atomic E-state index is 0.104. The van der Waals surface area contributed by atoms with Gasteiger partial charge >= 0.3 is 5.97 Å². The van der Waals surface area contributed by atoms with E-state index in [4.69, 9.17) is 0 Å². The average molecular weight is 354 g/mol. The molecule has 2 rings (SSSR count). The number of carbonyl (C=O) groups excluding carboxylic acids is 2. The SMILES string of the molecule is COC(=O)c1ccc(NC(=O)CN(C2CCCC2)S(C)(=O)=O)cc1. The van der Waals surface area contributed by atoms with Gasteiger partial charge in [-0.25, -0.2) is 13.2 Å². The lowest BCUT2D eigenvalue weighted by atomic mass is 10.2. The molecule has 0 aliphatic heterocycles. The number of hydrogen-bond acceptors (Lipinski definition) is 5. The van der Waals surface area contributed by atoms with Gasteiger partial charge in [0.1, 0.15) is 0 Å². The van der Waals surface area contributed by atoms with Crippen molar-refractivity contribution in [2.24, 2.45) is 0 Å². The fourth-order valence-electron chi connectivity index (χ4n) is 2.86. The number of methoxy groups -OCH3 is 1. The Morgan fingerprint density at radius 3 is 2.29 bits per heavy atom. The summed E-state index contributed by atoms with van der Waals surface area (Å²) in [5.41, 5.74) is 0.867. The van der Waals surface area contributed by atoms with E-state index in [0.717, 1.165) is 31.9 Å². The Labute approximate surface area is 142 Å². The number of benzene rings is 1. The number of amides is 1. The van der Waals surface area contributed by atoms with Crippen LogP contribution in [0.4, 0.5) is 5.69 Å². The highest BCUT2D eigenvalue weighted by atomic mass is 32.2. The zero-order valence-corrected chi connectivity index (χ0v) is 14.6. The molecule has 1 aliphatic rings. The van der Waals surface area contributed by atoms with Crippen molar-refractivity contribution >= 4 is 27.6 Å². The van der Waals surface area contributed by atoms with E-state index in [-0.39, 0.29) is 12.6 Å². The Morgan fingerprint density at radius 1 is 1.21 bits per heavy atom. The third-order valence-corrected chi connectivity index (χ3v) is 5.33. The largest absolute Gasteiger partial charge is 0.465 e. The Kier molecular flexibility index (Phi) is 5.95. The molecule has 0 unspecified atom stereocenters. The fraction of sp³-hybridized carbons (Fsp3) is 0.500. The fourth-order valence-corrected chi connectivity index (χ4v) is 3.96. The molecule has 8 heteroatoms. The van der Waals surface area contributed by atoms with Crippen LogP contribution in [0.3, 0.4) is 0 Å². The van der Waals surface area contributed by atoms with E-state index in [0.29, 0.717) is 11.3 Å². The third kappa shape index (κ3) is 4.78. The highest BCUT2D eigenvalue weighted by molar-refractivity contribution is 7.88. The van der Waals surface area contributed by atoms with Gasteiger partial charge in [-0.2, -0.15) is 4.31 Å².